The Labute approximate surface area is 206 Å². The van der Waals surface area contributed by atoms with Gasteiger partial charge < -0.3 is 9.47 Å². The minimum atomic E-state index is -0.791. The molecule has 34 heavy (non-hydrogen) atoms. The van der Waals surface area contributed by atoms with Crippen LogP contribution in [0.1, 0.15) is 105 Å². The first-order valence-electron chi connectivity index (χ1n) is 13.5. The van der Waals surface area contributed by atoms with Crippen LogP contribution in [0.25, 0.3) is 0 Å². The van der Waals surface area contributed by atoms with E-state index in [4.69, 9.17) is 22.3 Å². The van der Waals surface area contributed by atoms with Crippen LogP contribution in [0.5, 0.6) is 0 Å². The molecule has 4 heteroatoms. The summed E-state index contributed by atoms with van der Waals surface area (Å²) in [6, 6.07) is 0. The van der Waals surface area contributed by atoms with Crippen LogP contribution >= 0.6 is 0 Å². The highest BCUT2D eigenvalue weighted by atomic mass is 16.6. The van der Waals surface area contributed by atoms with Gasteiger partial charge in [-0.1, -0.05) is 39.5 Å². The second-order valence-electron chi connectivity index (χ2n) is 12.1. The average Bonchev–Trinajstić information content (AvgIpc) is 3.25. The van der Waals surface area contributed by atoms with Crippen molar-refractivity contribution < 1.29 is 19.1 Å². The lowest BCUT2D eigenvalue weighted by molar-refractivity contribution is -0.174. The number of carbonyl (C=O) groups is 2. The summed E-state index contributed by atoms with van der Waals surface area (Å²) in [5, 5.41) is 0. The number of terminal acetylenes is 2. The van der Waals surface area contributed by atoms with Crippen molar-refractivity contribution in [3.05, 3.63) is 0 Å². The predicted molar refractivity (Wildman–Crippen MR) is 132 cm³/mol. The minimum absolute atomic E-state index is 0.0589. The van der Waals surface area contributed by atoms with Gasteiger partial charge in [0.25, 0.3) is 0 Å². The third kappa shape index (κ3) is 3.68. The van der Waals surface area contributed by atoms with Gasteiger partial charge in [-0.3, -0.25) is 9.59 Å². The minimum Gasteiger partial charge on any atom is -0.446 e. The van der Waals surface area contributed by atoms with E-state index >= 15 is 0 Å². The Hall–Kier alpha value is -1.94. The Balaban J connectivity index is 1.58. The molecule has 186 valence electrons. The fourth-order valence-electron chi connectivity index (χ4n) is 8.80. The van der Waals surface area contributed by atoms with Gasteiger partial charge in [-0.25, -0.2) is 0 Å². The number of hydrogen-bond acceptors (Lipinski definition) is 4. The third-order valence-corrected chi connectivity index (χ3v) is 10.4. The van der Waals surface area contributed by atoms with Crippen LogP contribution in [0.15, 0.2) is 0 Å². The quantitative estimate of drug-likeness (QED) is 0.352. The zero-order valence-electron chi connectivity index (χ0n) is 21.6. The first-order chi connectivity index (χ1) is 16.1. The summed E-state index contributed by atoms with van der Waals surface area (Å²) in [6.07, 6.45) is 22.1. The molecule has 0 aromatic heterocycles. The molecule has 0 amide bonds. The number of hydrogen-bond donors (Lipinski definition) is 0. The molecular formula is C30H42O4. The molecule has 0 aromatic carbocycles. The normalized spacial score (nSPS) is 44.6. The smallest absolute Gasteiger partial charge is 0.307 e. The van der Waals surface area contributed by atoms with E-state index in [1.54, 1.807) is 0 Å². The van der Waals surface area contributed by atoms with E-state index in [2.05, 4.69) is 25.7 Å². The lowest BCUT2D eigenvalue weighted by Crippen LogP contribution is -2.55. The Kier molecular flexibility index (Phi) is 6.61. The Morgan fingerprint density at radius 2 is 1.53 bits per heavy atom. The molecule has 0 spiro atoms. The van der Waals surface area contributed by atoms with E-state index < -0.39 is 11.2 Å². The zero-order chi connectivity index (χ0) is 24.8. The summed E-state index contributed by atoms with van der Waals surface area (Å²) in [7, 11) is 0. The first-order valence-corrected chi connectivity index (χ1v) is 13.5. The molecule has 0 saturated heterocycles. The van der Waals surface area contributed by atoms with Gasteiger partial charge >= 0.3 is 11.9 Å². The molecule has 6 unspecified atom stereocenters. The zero-order valence-corrected chi connectivity index (χ0v) is 21.6. The maximum absolute atomic E-state index is 12.5. The van der Waals surface area contributed by atoms with Crippen molar-refractivity contribution in [2.45, 2.75) is 116 Å². The largest absolute Gasteiger partial charge is 0.446 e. The van der Waals surface area contributed by atoms with Crippen molar-refractivity contribution in [3.8, 4) is 24.7 Å². The van der Waals surface area contributed by atoms with Gasteiger partial charge in [0, 0.05) is 31.1 Å². The van der Waals surface area contributed by atoms with Crippen LogP contribution in [0.4, 0.5) is 0 Å². The molecule has 0 aromatic rings. The van der Waals surface area contributed by atoms with Crippen molar-refractivity contribution in [2.75, 3.05) is 0 Å². The molecule has 0 bridgehead atoms. The van der Waals surface area contributed by atoms with E-state index in [1.807, 2.05) is 13.8 Å². The highest BCUT2D eigenvalue weighted by Gasteiger charge is 2.68. The van der Waals surface area contributed by atoms with Crippen LogP contribution in [0.2, 0.25) is 0 Å². The highest BCUT2D eigenvalue weighted by molar-refractivity contribution is 5.71. The Morgan fingerprint density at radius 1 is 0.882 bits per heavy atom. The molecule has 0 radical (unpaired) electrons. The lowest BCUT2D eigenvalue weighted by Gasteiger charge is -2.58. The van der Waals surface area contributed by atoms with Gasteiger partial charge in [-0.05, 0) is 80.5 Å². The van der Waals surface area contributed by atoms with Crippen molar-refractivity contribution in [1.82, 2.24) is 0 Å². The number of rotatable bonds is 6. The summed E-state index contributed by atoms with van der Waals surface area (Å²) in [6.45, 7) is 8.65. The SMILES string of the molecule is C#C[C@@]1(OC(=O)CCC)CC2CCC3C(CCC4(C)C3CC[C@]4(C#C)OC(=O)CCC)C2(C)C1. The molecule has 4 fully saturated rings. The summed E-state index contributed by atoms with van der Waals surface area (Å²) in [4.78, 5) is 24.9. The second-order valence-corrected chi connectivity index (χ2v) is 12.1. The molecule has 4 nitrogen and oxygen atoms in total. The third-order valence-electron chi connectivity index (χ3n) is 10.4. The van der Waals surface area contributed by atoms with E-state index in [0.717, 1.165) is 64.2 Å². The number of esters is 2. The Morgan fingerprint density at radius 3 is 2.15 bits per heavy atom. The van der Waals surface area contributed by atoms with Gasteiger partial charge in [0.1, 0.15) is 0 Å². The van der Waals surface area contributed by atoms with Crippen LogP contribution in [-0.2, 0) is 19.1 Å². The molecule has 4 rings (SSSR count). The number of ether oxygens (including phenoxy) is 2. The van der Waals surface area contributed by atoms with E-state index in [1.165, 1.54) is 0 Å². The fourth-order valence-corrected chi connectivity index (χ4v) is 8.80. The van der Waals surface area contributed by atoms with Gasteiger partial charge in [0.2, 0.25) is 0 Å². The lowest BCUT2D eigenvalue weighted by atomic mass is 9.47. The maximum atomic E-state index is 12.5. The maximum Gasteiger partial charge on any atom is 0.307 e. The summed E-state index contributed by atoms with van der Waals surface area (Å²) >= 11 is 0. The molecule has 0 heterocycles. The Bertz CT molecular complexity index is 910. The van der Waals surface area contributed by atoms with Gasteiger partial charge in [-0.2, -0.15) is 0 Å². The highest BCUT2D eigenvalue weighted by Crippen LogP contribution is 2.70. The van der Waals surface area contributed by atoms with Gasteiger partial charge in [0.15, 0.2) is 11.2 Å². The molecule has 8 atom stereocenters. The van der Waals surface area contributed by atoms with Crippen molar-refractivity contribution in [2.24, 2.45) is 34.5 Å². The number of carbonyl (C=O) groups excluding carboxylic acids is 2. The van der Waals surface area contributed by atoms with E-state index in [9.17, 15) is 9.59 Å². The van der Waals surface area contributed by atoms with E-state index in [0.29, 0.717) is 36.5 Å². The predicted octanol–water partition coefficient (Wildman–Crippen LogP) is 6.07. The second kappa shape index (κ2) is 8.93. The monoisotopic (exact) mass is 466 g/mol. The van der Waals surface area contributed by atoms with Gasteiger partial charge in [0.05, 0.1) is 0 Å². The summed E-state index contributed by atoms with van der Waals surface area (Å²) in [5.74, 6) is 7.57. The fraction of sp³-hybridized carbons (Fsp3) is 0.800. The van der Waals surface area contributed by atoms with Crippen LogP contribution in [-0.4, -0.2) is 23.1 Å². The summed E-state index contributed by atoms with van der Waals surface area (Å²) in [5.41, 5.74) is -1.69. The van der Waals surface area contributed by atoms with Crippen molar-refractivity contribution in [1.29, 1.82) is 0 Å². The van der Waals surface area contributed by atoms with Gasteiger partial charge in [-0.15, -0.1) is 12.8 Å². The van der Waals surface area contributed by atoms with Crippen molar-refractivity contribution >= 4 is 11.9 Å². The average molecular weight is 467 g/mol. The standard InChI is InChI=1S/C30H42O4/c1-7-11-25(31)33-29(9-3)19-21-13-14-22-23(27(21,5)20-29)15-17-28(6)24(22)16-18-30(28,10-4)34-26(32)12-8-2/h3-4,21-24H,7-8,11-20H2,1-2,5-6H3/t21?,22?,23?,24?,27?,28?,29-,30+/m1/s1. The molecule has 4 aliphatic rings. The van der Waals surface area contributed by atoms with E-state index in [-0.39, 0.29) is 22.8 Å². The molecule has 0 aliphatic heterocycles. The molecular weight excluding hydrogens is 424 g/mol. The summed E-state index contributed by atoms with van der Waals surface area (Å²) < 4.78 is 12.1. The number of fused-ring (bicyclic) bond motifs is 5. The first kappa shape index (κ1) is 25.2. The van der Waals surface area contributed by atoms with Crippen LogP contribution in [0, 0.1) is 59.2 Å². The molecule has 0 N–H and O–H groups in total. The van der Waals surface area contributed by atoms with Crippen LogP contribution in [0.3, 0.4) is 0 Å². The van der Waals surface area contributed by atoms with Crippen LogP contribution < -0.4 is 0 Å². The van der Waals surface area contributed by atoms with Crippen molar-refractivity contribution in [3.63, 3.8) is 0 Å². The topological polar surface area (TPSA) is 52.6 Å². The molecule has 4 saturated carbocycles. The molecule has 4 aliphatic carbocycles.